The van der Waals surface area contributed by atoms with Crippen molar-refractivity contribution in [3.8, 4) is 0 Å². The Morgan fingerprint density at radius 1 is 1.15 bits per heavy atom. The summed E-state index contributed by atoms with van der Waals surface area (Å²) in [5.74, 6) is -0.115. The van der Waals surface area contributed by atoms with Crippen LogP contribution in [0.4, 0.5) is 11.6 Å². The van der Waals surface area contributed by atoms with Crippen molar-refractivity contribution in [2.24, 2.45) is 0 Å². The molecule has 0 radical (unpaired) electrons. The minimum atomic E-state index is -3.96. The zero-order valence-corrected chi connectivity index (χ0v) is 14.7. The summed E-state index contributed by atoms with van der Waals surface area (Å²) in [7, 11) is -3.96. The molecule has 3 aromatic rings. The Bertz CT molecular complexity index is 1050. The van der Waals surface area contributed by atoms with Gasteiger partial charge in [0.2, 0.25) is 0 Å². The first-order valence-corrected chi connectivity index (χ1v) is 9.11. The molecule has 0 amide bonds. The molecule has 1 N–H and O–H groups in total. The van der Waals surface area contributed by atoms with E-state index in [2.05, 4.69) is 14.8 Å². The topological polar surface area (TPSA) is 120 Å². The van der Waals surface area contributed by atoms with Crippen LogP contribution in [0.5, 0.6) is 0 Å². The molecule has 134 valence electrons. The first-order valence-electron chi connectivity index (χ1n) is 7.25. The third kappa shape index (κ3) is 3.98. The molecule has 0 spiro atoms. The van der Waals surface area contributed by atoms with Gasteiger partial charge in [0.1, 0.15) is 6.33 Å². The molecule has 0 saturated heterocycles. The summed E-state index contributed by atoms with van der Waals surface area (Å²) >= 11 is 6.08. The standard InChI is InChI=1S/C15H12ClN5O4S/c16-14-4-2-1-3-11(14)9-20-10-17-15(18-20)19-26(24,25)13-7-5-12(6-8-13)21(22)23/h1-8,10H,9H2,(H,18,19). The molecular weight excluding hydrogens is 382 g/mol. The molecule has 0 aliphatic carbocycles. The molecule has 2 aromatic carbocycles. The van der Waals surface area contributed by atoms with Crippen LogP contribution in [0, 0.1) is 10.1 Å². The summed E-state index contributed by atoms with van der Waals surface area (Å²) in [5, 5.41) is 15.3. The number of non-ortho nitro benzene ring substituents is 1. The lowest BCUT2D eigenvalue weighted by Crippen LogP contribution is -2.14. The fourth-order valence-electron chi connectivity index (χ4n) is 2.14. The first-order chi connectivity index (χ1) is 12.3. The van der Waals surface area contributed by atoms with Gasteiger partial charge in [-0.2, -0.15) is 4.98 Å². The van der Waals surface area contributed by atoms with Gasteiger partial charge in [0.25, 0.3) is 21.7 Å². The molecule has 0 aliphatic heterocycles. The molecule has 0 unspecified atom stereocenters. The number of nitro groups is 1. The number of anilines is 1. The van der Waals surface area contributed by atoms with Gasteiger partial charge in [-0.3, -0.25) is 10.1 Å². The lowest BCUT2D eigenvalue weighted by molar-refractivity contribution is -0.384. The molecule has 11 heteroatoms. The summed E-state index contributed by atoms with van der Waals surface area (Å²) < 4.78 is 28.3. The third-order valence-electron chi connectivity index (χ3n) is 3.41. The van der Waals surface area contributed by atoms with E-state index in [1.54, 1.807) is 12.1 Å². The number of aromatic nitrogens is 3. The van der Waals surface area contributed by atoms with Crippen molar-refractivity contribution in [3.63, 3.8) is 0 Å². The van der Waals surface area contributed by atoms with E-state index in [0.29, 0.717) is 11.6 Å². The fraction of sp³-hybridized carbons (Fsp3) is 0.0667. The van der Waals surface area contributed by atoms with Crippen molar-refractivity contribution in [1.29, 1.82) is 0 Å². The monoisotopic (exact) mass is 393 g/mol. The molecule has 0 aliphatic rings. The van der Waals surface area contributed by atoms with Crippen molar-refractivity contribution in [2.45, 2.75) is 11.4 Å². The molecule has 0 saturated carbocycles. The van der Waals surface area contributed by atoms with Crippen LogP contribution in [0.15, 0.2) is 59.8 Å². The number of nitrogens with one attached hydrogen (secondary N) is 1. The van der Waals surface area contributed by atoms with Crippen molar-refractivity contribution >= 4 is 33.3 Å². The van der Waals surface area contributed by atoms with Crippen LogP contribution in [0.1, 0.15) is 5.56 Å². The number of hydrogen-bond donors (Lipinski definition) is 1. The van der Waals surface area contributed by atoms with E-state index in [1.807, 2.05) is 12.1 Å². The van der Waals surface area contributed by atoms with Crippen LogP contribution in [0.25, 0.3) is 0 Å². The number of rotatable bonds is 6. The Balaban J connectivity index is 1.75. The summed E-state index contributed by atoms with van der Waals surface area (Å²) in [5.41, 5.74) is 0.606. The predicted molar refractivity (Wildman–Crippen MR) is 94.5 cm³/mol. The van der Waals surface area contributed by atoms with E-state index in [4.69, 9.17) is 11.6 Å². The smallest absolute Gasteiger partial charge is 0.258 e. The van der Waals surface area contributed by atoms with E-state index in [-0.39, 0.29) is 16.5 Å². The normalized spacial score (nSPS) is 11.3. The van der Waals surface area contributed by atoms with E-state index in [0.717, 1.165) is 29.8 Å². The highest BCUT2D eigenvalue weighted by Gasteiger charge is 2.18. The second-order valence-electron chi connectivity index (χ2n) is 5.21. The lowest BCUT2D eigenvalue weighted by atomic mass is 10.2. The fourth-order valence-corrected chi connectivity index (χ4v) is 3.29. The molecule has 3 rings (SSSR count). The second-order valence-corrected chi connectivity index (χ2v) is 7.30. The van der Waals surface area contributed by atoms with Crippen LogP contribution < -0.4 is 4.72 Å². The Morgan fingerprint density at radius 2 is 1.85 bits per heavy atom. The van der Waals surface area contributed by atoms with Gasteiger partial charge in [-0.05, 0) is 23.8 Å². The summed E-state index contributed by atoms with van der Waals surface area (Å²) in [6.07, 6.45) is 1.37. The molecule has 0 fully saturated rings. The van der Waals surface area contributed by atoms with Gasteiger partial charge in [0.15, 0.2) is 0 Å². The van der Waals surface area contributed by atoms with E-state index >= 15 is 0 Å². The molecule has 0 atom stereocenters. The Morgan fingerprint density at radius 3 is 2.50 bits per heavy atom. The van der Waals surface area contributed by atoms with Gasteiger partial charge in [0.05, 0.1) is 16.4 Å². The number of nitrogens with zero attached hydrogens (tertiary/aromatic N) is 4. The van der Waals surface area contributed by atoms with Crippen LogP contribution in [0.2, 0.25) is 5.02 Å². The Hall–Kier alpha value is -2.98. The number of sulfonamides is 1. The molecule has 1 aromatic heterocycles. The number of hydrogen-bond acceptors (Lipinski definition) is 6. The Kier molecular flexibility index (Phi) is 4.87. The number of nitro benzene ring substituents is 1. The van der Waals surface area contributed by atoms with Gasteiger partial charge in [-0.15, -0.1) is 5.10 Å². The van der Waals surface area contributed by atoms with E-state index in [1.165, 1.54) is 11.0 Å². The van der Waals surface area contributed by atoms with E-state index in [9.17, 15) is 18.5 Å². The molecule has 1 heterocycles. The minimum absolute atomic E-state index is 0.115. The Labute approximate surface area is 153 Å². The van der Waals surface area contributed by atoms with Crippen molar-refractivity contribution < 1.29 is 13.3 Å². The lowest BCUT2D eigenvalue weighted by Gasteiger charge is -2.05. The van der Waals surface area contributed by atoms with Gasteiger partial charge in [0, 0.05) is 17.2 Å². The molecular formula is C15H12ClN5O4S. The molecule has 9 nitrogen and oxygen atoms in total. The van der Waals surface area contributed by atoms with Crippen LogP contribution in [-0.2, 0) is 16.6 Å². The maximum absolute atomic E-state index is 12.3. The van der Waals surface area contributed by atoms with Crippen LogP contribution >= 0.6 is 11.6 Å². The average Bonchev–Trinajstić information content (AvgIpc) is 3.03. The minimum Gasteiger partial charge on any atom is -0.258 e. The number of halogens is 1. The third-order valence-corrected chi connectivity index (χ3v) is 5.12. The zero-order chi connectivity index (χ0) is 18.7. The maximum Gasteiger partial charge on any atom is 0.269 e. The van der Waals surface area contributed by atoms with Crippen LogP contribution in [0.3, 0.4) is 0 Å². The maximum atomic E-state index is 12.3. The first kappa shape index (κ1) is 17.8. The van der Waals surface area contributed by atoms with Crippen molar-refractivity contribution in [2.75, 3.05) is 4.72 Å². The highest BCUT2D eigenvalue weighted by Crippen LogP contribution is 2.19. The van der Waals surface area contributed by atoms with E-state index < -0.39 is 14.9 Å². The summed E-state index contributed by atoms with van der Waals surface area (Å²) in [6.45, 7) is 0.325. The summed E-state index contributed by atoms with van der Waals surface area (Å²) in [4.78, 5) is 13.8. The summed E-state index contributed by atoms with van der Waals surface area (Å²) in [6, 6.07) is 11.7. The largest absolute Gasteiger partial charge is 0.269 e. The molecule has 26 heavy (non-hydrogen) atoms. The van der Waals surface area contributed by atoms with Crippen molar-refractivity contribution in [3.05, 3.63) is 75.6 Å². The van der Waals surface area contributed by atoms with Gasteiger partial charge >= 0.3 is 0 Å². The van der Waals surface area contributed by atoms with Gasteiger partial charge in [-0.25, -0.2) is 17.8 Å². The second kappa shape index (κ2) is 7.10. The van der Waals surface area contributed by atoms with Gasteiger partial charge in [-0.1, -0.05) is 29.8 Å². The predicted octanol–water partition coefficient (Wildman–Crippen LogP) is 2.69. The molecule has 0 bridgehead atoms. The van der Waals surface area contributed by atoms with Crippen molar-refractivity contribution in [1.82, 2.24) is 14.8 Å². The quantitative estimate of drug-likeness (QED) is 0.507. The van der Waals surface area contributed by atoms with Gasteiger partial charge < -0.3 is 0 Å². The highest BCUT2D eigenvalue weighted by atomic mass is 35.5. The van der Waals surface area contributed by atoms with Crippen LogP contribution in [-0.4, -0.2) is 28.1 Å². The SMILES string of the molecule is O=[N+]([O-])c1ccc(S(=O)(=O)Nc2ncn(Cc3ccccc3Cl)n2)cc1. The highest BCUT2D eigenvalue weighted by molar-refractivity contribution is 7.92. The average molecular weight is 394 g/mol. The zero-order valence-electron chi connectivity index (χ0n) is 13.1. The number of benzene rings is 2.